The number of carbonyl (C=O) groups is 1. The Morgan fingerprint density at radius 1 is 1.08 bits per heavy atom. The van der Waals surface area contributed by atoms with E-state index in [1.807, 2.05) is 6.92 Å². The van der Waals surface area contributed by atoms with Gasteiger partial charge in [-0.15, -0.1) is 0 Å². The maximum atomic E-state index is 12.2. The molecule has 1 atom stereocenters. The molecule has 4 nitrogen and oxygen atoms in total. The summed E-state index contributed by atoms with van der Waals surface area (Å²) in [5.41, 5.74) is 1.39. The Kier molecular flexibility index (Phi) is 4.73. The topological polar surface area (TPSA) is 35.6 Å². The van der Waals surface area contributed by atoms with Crippen molar-refractivity contribution in [1.29, 1.82) is 0 Å². The predicted octanol–water partition coefficient (Wildman–Crippen LogP) is 2.62. The summed E-state index contributed by atoms with van der Waals surface area (Å²) in [6.45, 7) is 6.98. The quantitative estimate of drug-likeness (QED) is 0.911. The lowest BCUT2D eigenvalue weighted by molar-refractivity contribution is -0.126. The Morgan fingerprint density at radius 2 is 1.80 bits per heavy atom. The standard InChI is InChI=1S/C21H27N3O/c1-16(21(25)22-19-9-10-19)24-13-11-23(12-14-24)15-18-7-4-6-17-5-2-3-8-20(17)18/h2-8,16,19H,9-15H2,1H3,(H,22,25)/t16-/m0/s1. The molecular weight excluding hydrogens is 310 g/mol. The van der Waals surface area contributed by atoms with Crippen molar-refractivity contribution < 1.29 is 4.79 Å². The fourth-order valence-corrected chi connectivity index (χ4v) is 3.70. The number of piperazine rings is 1. The van der Waals surface area contributed by atoms with Gasteiger partial charge in [0, 0.05) is 38.8 Å². The number of nitrogens with zero attached hydrogens (tertiary/aromatic N) is 2. The number of amides is 1. The number of rotatable bonds is 5. The molecule has 2 aromatic rings. The zero-order valence-corrected chi connectivity index (χ0v) is 14.9. The number of hydrogen-bond donors (Lipinski definition) is 1. The molecule has 132 valence electrons. The van der Waals surface area contributed by atoms with Crippen LogP contribution in [-0.4, -0.2) is 54.0 Å². The minimum Gasteiger partial charge on any atom is -0.352 e. The van der Waals surface area contributed by atoms with Gasteiger partial charge in [-0.1, -0.05) is 42.5 Å². The molecule has 0 bridgehead atoms. The molecule has 0 aromatic heterocycles. The molecule has 2 aromatic carbocycles. The van der Waals surface area contributed by atoms with Gasteiger partial charge in [0.1, 0.15) is 0 Å². The van der Waals surface area contributed by atoms with Crippen molar-refractivity contribution in [2.75, 3.05) is 26.2 Å². The molecule has 1 amide bonds. The van der Waals surface area contributed by atoms with Gasteiger partial charge in [-0.3, -0.25) is 14.6 Å². The van der Waals surface area contributed by atoms with Crippen molar-refractivity contribution in [1.82, 2.24) is 15.1 Å². The van der Waals surface area contributed by atoms with Gasteiger partial charge >= 0.3 is 0 Å². The monoisotopic (exact) mass is 337 g/mol. The maximum absolute atomic E-state index is 12.2. The molecule has 1 N–H and O–H groups in total. The van der Waals surface area contributed by atoms with Gasteiger partial charge in [0.15, 0.2) is 0 Å². The Balaban J connectivity index is 1.34. The van der Waals surface area contributed by atoms with Crippen LogP contribution in [0.15, 0.2) is 42.5 Å². The minimum absolute atomic E-state index is 0.0136. The van der Waals surface area contributed by atoms with E-state index in [4.69, 9.17) is 0 Å². The van der Waals surface area contributed by atoms with Crippen LogP contribution in [0.1, 0.15) is 25.3 Å². The number of benzene rings is 2. The molecule has 4 heteroatoms. The summed E-state index contributed by atoms with van der Waals surface area (Å²) >= 11 is 0. The van der Waals surface area contributed by atoms with E-state index < -0.39 is 0 Å². The van der Waals surface area contributed by atoms with Crippen molar-refractivity contribution in [2.24, 2.45) is 0 Å². The summed E-state index contributed by atoms with van der Waals surface area (Å²) < 4.78 is 0. The smallest absolute Gasteiger partial charge is 0.237 e. The largest absolute Gasteiger partial charge is 0.352 e. The van der Waals surface area contributed by atoms with Crippen molar-refractivity contribution in [3.63, 3.8) is 0 Å². The van der Waals surface area contributed by atoms with E-state index in [9.17, 15) is 4.79 Å². The normalized spacial score (nSPS) is 20.5. The van der Waals surface area contributed by atoms with Gasteiger partial charge in [0.25, 0.3) is 0 Å². The summed E-state index contributed by atoms with van der Waals surface area (Å²) in [5, 5.41) is 5.79. The fraction of sp³-hybridized carbons (Fsp3) is 0.476. The second kappa shape index (κ2) is 7.14. The summed E-state index contributed by atoms with van der Waals surface area (Å²) in [5.74, 6) is 0.199. The van der Waals surface area contributed by atoms with E-state index in [1.165, 1.54) is 16.3 Å². The van der Waals surface area contributed by atoms with E-state index in [-0.39, 0.29) is 11.9 Å². The second-order valence-electron chi connectivity index (χ2n) is 7.41. The molecule has 1 aliphatic carbocycles. The summed E-state index contributed by atoms with van der Waals surface area (Å²) in [7, 11) is 0. The molecule has 4 rings (SSSR count). The molecule has 25 heavy (non-hydrogen) atoms. The third kappa shape index (κ3) is 3.86. The van der Waals surface area contributed by atoms with Crippen molar-refractivity contribution in [3.8, 4) is 0 Å². The first-order chi connectivity index (χ1) is 12.2. The highest BCUT2D eigenvalue weighted by molar-refractivity contribution is 5.85. The lowest BCUT2D eigenvalue weighted by Gasteiger charge is -2.37. The molecule has 1 aliphatic heterocycles. The van der Waals surface area contributed by atoms with E-state index in [1.54, 1.807) is 0 Å². The van der Waals surface area contributed by atoms with Crippen LogP contribution >= 0.6 is 0 Å². The van der Waals surface area contributed by atoms with Gasteiger partial charge in [-0.05, 0) is 36.1 Å². The number of fused-ring (bicyclic) bond motifs is 1. The molecule has 1 saturated carbocycles. The van der Waals surface area contributed by atoms with Crippen LogP contribution in [0.4, 0.5) is 0 Å². The van der Waals surface area contributed by atoms with E-state index in [0.717, 1.165) is 45.6 Å². The number of hydrogen-bond acceptors (Lipinski definition) is 3. The van der Waals surface area contributed by atoms with Crippen molar-refractivity contribution in [3.05, 3.63) is 48.0 Å². The molecule has 2 aliphatic rings. The minimum atomic E-state index is -0.0136. The molecular formula is C21H27N3O. The lowest BCUT2D eigenvalue weighted by atomic mass is 10.0. The molecule has 2 fully saturated rings. The van der Waals surface area contributed by atoms with Crippen LogP contribution in [0.2, 0.25) is 0 Å². The zero-order chi connectivity index (χ0) is 17.2. The van der Waals surface area contributed by atoms with Crippen LogP contribution in [0, 0.1) is 0 Å². The number of carbonyl (C=O) groups excluding carboxylic acids is 1. The van der Waals surface area contributed by atoms with Crippen LogP contribution in [0.5, 0.6) is 0 Å². The first kappa shape index (κ1) is 16.6. The van der Waals surface area contributed by atoms with E-state index in [2.05, 4.69) is 57.6 Å². The number of nitrogens with one attached hydrogen (secondary N) is 1. The molecule has 0 radical (unpaired) electrons. The SMILES string of the molecule is C[C@@H](C(=O)NC1CC1)N1CCN(Cc2cccc3ccccc23)CC1. The maximum Gasteiger partial charge on any atom is 0.237 e. The first-order valence-electron chi connectivity index (χ1n) is 9.44. The Bertz CT molecular complexity index is 742. The molecule has 1 saturated heterocycles. The highest BCUT2D eigenvalue weighted by Gasteiger charge is 2.29. The average Bonchev–Trinajstić information content (AvgIpc) is 3.46. The van der Waals surface area contributed by atoms with Gasteiger partial charge < -0.3 is 5.32 Å². The third-order valence-corrected chi connectivity index (χ3v) is 5.53. The molecule has 0 spiro atoms. The summed E-state index contributed by atoms with van der Waals surface area (Å²) in [6, 6.07) is 15.6. The summed E-state index contributed by atoms with van der Waals surface area (Å²) in [6.07, 6.45) is 2.30. The second-order valence-corrected chi connectivity index (χ2v) is 7.41. The van der Waals surface area contributed by atoms with Crippen LogP contribution in [0.3, 0.4) is 0 Å². The van der Waals surface area contributed by atoms with Gasteiger partial charge in [-0.25, -0.2) is 0 Å². The van der Waals surface area contributed by atoms with Gasteiger partial charge in [0.05, 0.1) is 6.04 Å². The van der Waals surface area contributed by atoms with Crippen LogP contribution < -0.4 is 5.32 Å². The molecule has 0 unspecified atom stereocenters. The zero-order valence-electron chi connectivity index (χ0n) is 14.9. The van der Waals surface area contributed by atoms with Crippen molar-refractivity contribution >= 4 is 16.7 Å². The highest BCUT2D eigenvalue weighted by Crippen LogP contribution is 2.21. The van der Waals surface area contributed by atoms with Gasteiger partial charge in [-0.2, -0.15) is 0 Å². The summed E-state index contributed by atoms with van der Waals surface area (Å²) in [4.78, 5) is 17.1. The van der Waals surface area contributed by atoms with E-state index in [0.29, 0.717) is 6.04 Å². The average molecular weight is 337 g/mol. The Hall–Kier alpha value is -1.91. The van der Waals surface area contributed by atoms with Crippen molar-refractivity contribution in [2.45, 2.75) is 38.4 Å². The van der Waals surface area contributed by atoms with E-state index >= 15 is 0 Å². The first-order valence-corrected chi connectivity index (χ1v) is 9.44. The Labute approximate surface area is 149 Å². The predicted molar refractivity (Wildman–Crippen MR) is 101 cm³/mol. The lowest BCUT2D eigenvalue weighted by Crippen LogP contribution is -2.53. The van der Waals surface area contributed by atoms with Crippen LogP contribution in [-0.2, 0) is 11.3 Å². The van der Waals surface area contributed by atoms with Gasteiger partial charge in [0.2, 0.25) is 5.91 Å². The highest BCUT2D eigenvalue weighted by atomic mass is 16.2. The molecule has 1 heterocycles. The Morgan fingerprint density at radius 3 is 2.56 bits per heavy atom. The third-order valence-electron chi connectivity index (χ3n) is 5.53. The fourth-order valence-electron chi connectivity index (χ4n) is 3.70. The van der Waals surface area contributed by atoms with Crippen LogP contribution in [0.25, 0.3) is 10.8 Å².